The zero-order valence-corrected chi connectivity index (χ0v) is 11.0. The van der Waals surface area contributed by atoms with Crippen molar-refractivity contribution in [2.45, 2.75) is 0 Å². The molecule has 0 atom stereocenters. The van der Waals surface area contributed by atoms with Gasteiger partial charge in [0, 0.05) is 52.4 Å². The van der Waals surface area contributed by atoms with Gasteiger partial charge in [-0.05, 0) is 14.1 Å². The Morgan fingerprint density at radius 1 is 1.24 bits per heavy atom. The van der Waals surface area contributed by atoms with E-state index >= 15 is 0 Å². The van der Waals surface area contributed by atoms with Crippen LogP contribution in [0.1, 0.15) is 0 Å². The maximum Gasteiger partial charge on any atom is 0.228 e. The SMILES string of the molecule is CN(C)CCN1CCN(C(=O)C2CNC2)CC1. The van der Waals surface area contributed by atoms with Crippen molar-refractivity contribution in [2.24, 2.45) is 5.92 Å². The maximum atomic E-state index is 12.0. The third kappa shape index (κ3) is 3.40. The number of nitrogens with zero attached hydrogens (tertiary/aromatic N) is 3. The summed E-state index contributed by atoms with van der Waals surface area (Å²) in [5.41, 5.74) is 0. The number of nitrogens with one attached hydrogen (secondary N) is 1. The number of carbonyl (C=O) groups is 1. The average Bonchev–Trinajstić information content (AvgIpc) is 2.24. The summed E-state index contributed by atoms with van der Waals surface area (Å²) in [6.45, 7) is 7.82. The summed E-state index contributed by atoms with van der Waals surface area (Å²) in [6.07, 6.45) is 0. The third-order valence-electron chi connectivity index (χ3n) is 3.68. The molecule has 1 amide bonds. The molecular formula is C12H24N4O. The van der Waals surface area contributed by atoms with E-state index in [1.165, 1.54) is 0 Å². The molecule has 0 aromatic carbocycles. The van der Waals surface area contributed by atoms with Gasteiger partial charge in [0.15, 0.2) is 0 Å². The standard InChI is InChI=1S/C12H24N4O/c1-14(2)3-4-15-5-7-16(8-6-15)12(17)11-9-13-10-11/h11,13H,3-10H2,1-2H3. The second-order valence-corrected chi connectivity index (χ2v) is 5.33. The molecule has 0 aromatic rings. The molecule has 0 aliphatic carbocycles. The molecule has 5 nitrogen and oxygen atoms in total. The van der Waals surface area contributed by atoms with Gasteiger partial charge in [-0.15, -0.1) is 0 Å². The van der Waals surface area contributed by atoms with Gasteiger partial charge in [-0.1, -0.05) is 0 Å². The molecular weight excluding hydrogens is 216 g/mol. The van der Waals surface area contributed by atoms with E-state index in [4.69, 9.17) is 0 Å². The minimum absolute atomic E-state index is 0.253. The van der Waals surface area contributed by atoms with Crippen LogP contribution in [0, 0.1) is 5.92 Å². The summed E-state index contributed by atoms with van der Waals surface area (Å²) in [7, 11) is 4.20. The Morgan fingerprint density at radius 3 is 2.35 bits per heavy atom. The van der Waals surface area contributed by atoms with Gasteiger partial charge in [0.05, 0.1) is 5.92 Å². The number of carbonyl (C=O) groups excluding carboxylic acids is 1. The summed E-state index contributed by atoms with van der Waals surface area (Å²) < 4.78 is 0. The molecule has 2 saturated heterocycles. The molecule has 2 aliphatic heterocycles. The highest BCUT2D eigenvalue weighted by Crippen LogP contribution is 2.10. The van der Waals surface area contributed by atoms with Crippen LogP contribution in [0.5, 0.6) is 0 Å². The van der Waals surface area contributed by atoms with Crippen LogP contribution in [-0.4, -0.2) is 87.1 Å². The largest absolute Gasteiger partial charge is 0.340 e. The number of hydrogen-bond acceptors (Lipinski definition) is 4. The fourth-order valence-electron chi connectivity index (χ4n) is 2.25. The van der Waals surface area contributed by atoms with E-state index in [9.17, 15) is 4.79 Å². The number of hydrogen-bond donors (Lipinski definition) is 1. The van der Waals surface area contributed by atoms with Crippen molar-refractivity contribution >= 4 is 5.91 Å². The minimum atomic E-state index is 0.253. The van der Waals surface area contributed by atoms with Gasteiger partial charge in [-0.2, -0.15) is 0 Å². The number of amides is 1. The van der Waals surface area contributed by atoms with E-state index in [1.807, 2.05) is 4.90 Å². The predicted octanol–water partition coefficient (Wildman–Crippen LogP) is -1.09. The van der Waals surface area contributed by atoms with Crippen LogP contribution in [0.3, 0.4) is 0 Å². The van der Waals surface area contributed by atoms with Crippen molar-refractivity contribution in [2.75, 3.05) is 66.5 Å². The summed E-state index contributed by atoms with van der Waals surface area (Å²) in [5, 5.41) is 3.16. The second kappa shape index (κ2) is 5.80. The quantitative estimate of drug-likeness (QED) is 0.678. The zero-order chi connectivity index (χ0) is 12.3. The zero-order valence-electron chi connectivity index (χ0n) is 11.0. The van der Waals surface area contributed by atoms with Crippen LogP contribution in [0.4, 0.5) is 0 Å². The third-order valence-corrected chi connectivity index (χ3v) is 3.68. The Hall–Kier alpha value is -0.650. The lowest BCUT2D eigenvalue weighted by atomic mass is 10.0. The maximum absolute atomic E-state index is 12.0. The lowest BCUT2D eigenvalue weighted by molar-refractivity contribution is -0.138. The van der Waals surface area contributed by atoms with Crippen LogP contribution in [0.25, 0.3) is 0 Å². The van der Waals surface area contributed by atoms with Gasteiger partial charge in [-0.3, -0.25) is 9.69 Å². The van der Waals surface area contributed by atoms with Gasteiger partial charge in [0.2, 0.25) is 5.91 Å². The summed E-state index contributed by atoms with van der Waals surface area (Å²) >= 11 is 0. The molecule has 0 aromatic heterocycles. The van der Waals surface area contributed by atoms with Crippen LogP contribution in [0.2, 0.25) is 0 Å². The molecule has 0 bridgehead atoms. The van der Waals surface area contributed by atoms with E-state index in [0.717, 1.165) is 52.4 Å². The van der Waals surface area contributed by atoms with Crippen molar-refractivity contribution in [3.05, 3.63) is 0 Å². The van der Waals surface area contributed by atoms with Gasteiger partial charge in [-0.25, -0.2) is 0 Å². The van der Waals surface area contributed by atoms with Crippen LogP contribution < -0.4 is 5.32 Å². The Labute approximate surface area is 104 Å². The van der Waals surface area contributed by atoms with Crippen molar-refractivity contribution < 1.29 is 4.79 Å². The van der Waals surface area contributed by atoms with E-state index < -0.39 is 0 Å². The molecule has 5 heteroatoms. The fraction of sp³-hybridized carbons (Fsp3) is 0.917. The fourth-order valence-corrected chi connectivity index (χ4v) is 2.25. The van der Waals surface area contributed by atoms with Gasteiger partial charge in [0.25, 0.3) is 0 Å². The lowest BCUT2D eigenvalue weighted by Gasteiger charge is -2.38. The monoisotopic (exact) mass is 240 g/mol. The number of likely N-dealkylation sites (N-methyl/N-ethyl adjacent to an activating group) is 1. The van der Waals surface area contributed by atoms with Gasteiger partial charge >= 0.3 is 0 Å². The van der Waals surface area contributed by atoms with Crippen molar-refractivity contribution in [3.63, 3.8) is 0 Å². The number of rotatable bonds is 4. The molecule has 2 fully saturated rings. The second-order valence-electron chi connectivity index (χ2n) is 5.33. The first-order valence-corrected chi connectivity index (χ1v) is 6.53. The first kappa shape index (κ1) is 12.8. The molecule has 1 N–H and O–H groups in total. The topological polar surface area (TPSA) is 38.8 Å². The Morgan fingerprint density at radius 2 is 1.88 bits per heavy atom. The van der Waals surface area contributed by atoms with Gasteiger partial charge < -0.3 is 15.1 Å². The minimum Gasteiger partial charge on any atom is -0.340 e. The molecule has 2 rings (SSSR count). The summed E-state index contributed by atoms with van der Waals surface area (Å²) in [4.78, 5) is 18.7. The number of piperazine rings is 1. The highest BCUT2D eigenvalue weighted by molar-refractivity contribution is 5.80. The van der Waals surface area contributed by atoms with Crippen LogP contribution >= 0.6 is 0 Å². The molecule has 17 heavy (non-hydrogen) atoms. The van der Waals surface area contributed by atoms with Crippen molar-refractivity contribution in [1.29, 1.82) is 0 Å². The highest BCUT2D eigenvalue weighted by Gasteiger charge is 2.30. The van der Waals surface area contributed by atoms with E-state index in [1.54, 1.807) is 0 Å². The Kier molecular flexibility index (Phi) is 4.36. The molecule has 0 saturated carbocycles. The summed E-state index contributed by atoms with van der Waals surface area (Å²) in [5.74, 6) is 0.610. The summed E-state index contributed by atoms with van der Waals surface area (Å²) in [6, 6.07) is 0. The average molecular weight is 240 g/mol. The Balaban J connectivity index is 1.68. The molecule has 2 aliphatic rings. The van der Waals surface area contributed by atoms with Crippen molar-refractivity contribution in [1.82, 2.24) is 20.0 Å². The van der Waals surface area contributed by atoms with Gasteiger partial charge in [0.1, 0.15) is 0 Å². The Bertz CT molecular complexity index is 257. The molecule has 0 spiro atoms. The molecule has 98 valence electrons. The van der Waals surface area contributed by atoms with Crippen LogP contribution in [-0.2, 0) is 4.79 Å². The smallest absolute Gasteiger partial charge is 0.228 e. The highest BCUT2D eigenvalue weighted by atomic mass is 16.2. The normalized spacial score (nSPS) is 22.9. The van der Waals surface area contributed by atoms with E-state index in [-0.39, 0.29) is 5.92 Å². The molecule has 0 radical (unpaired) electrons. The molecule has 0 unspecified atom stereocenters. The van der Waals surface area contributed by atoms with Crippen molar-refractivity contribution in [3.8, 4) is 0 Å². The van der Waals surface area contributed by atoms with E-state index in [2.05, 4.69) is 29.2 Å². The van der Waals surface area contributed by atoms with E-state index in [0.29, 0.717) is 5.91 Å². The first-order valence-electron chi connectivity index (χ1n) is 6.53. The first-order chi connectivity index (χ1) is 8.16. The van der Waals surface area contributed by atoms with Crippen LogP contribution in [0.15, 0.2) is 0 Å². The lowest BCUT2D eigenvalue weighted by Crippen LogP contribution is -2.56. The molecule has 2 heterocycles. The predicted molar refractivity (Wildman–Crippen MR) is 67.9 cm³/mol.